The van der Waals surface area contributed by atoms with E-state index in [2.05, 4.69) is 4.90 Å². The third-order valence-corrected chi connectivity index (χ3v) is 5.44. The topological polar surface area (TPSA) is 43.9 Å². The van der Waals surface area contributed by atoms with Gasteiger partial charge in [0.2, 0.25) is 11.8 Å². The highest BCUT2D eigenvalue weighted by atomic mass is 19.4. The first-order valence-corrected chi connectivity index (χ1v) is 9.97. The van der Waals surface area contributed by atoms with Crippen LogP contribution in [-0.2, 0) is 15.8 Å². The fourth-order valence-corrected chi connectivity index (χ4v) is 3.65. The molecule has 2 aliphatic heterocycles. The molecular weight excluding hydrogens is 383 g/mol. The van der Waals surface area contributed by atoms with Gasteiger partial charge in [-0.15, -0.1) is 0 Å². The van der Waals surface area contributed by atoms with Gasteiger partial charge >= 0.3 is 6.18 Å². The largest absolute Gasteiger partial charge is 0.416 e. The van der Waals surface area contributed by atoms with Gasteiger partial charge in [-0.25, -0.2) is 0 Å². The Morgan fingerprint density at radius 2 is 1.66 bits per heavy atom. The van der Waals surface area contributed by atoms with Crippen LogP contribution >= 0.6 is 0 Å². The summed E-state index contributed by atoms with van der Waals surface area (Å²) in [6.07, 6.45) is 1.19. The zero-order valence-corrected chi connectivity index (χ0v) is 16.3. The van der Waals surface area contributed by atoms with Crippen LogP contribution in [0, 0.1) is 0 Å². The zero-order chi connectivity index (χ0) is 20.9. The van der Waals surface area contributed by atoms with Crippen molar-refractivity contribution in [2.45, 2.75) is 25.4 Å². The molecular formula is C21H26F3N3O2. The molecule has 0 spiro atoms. The summed E-state index contributed by atoms with van der Waals surface area (Å²) in [6, 6.07) is 4.65. The van der Waals surface area contributed by atoms with Crippen LogP contribution < -0.4 is 0 Å². The second kappa shape index (κ2) is 9.43. The molecule has 158 valence electrons. The van der Waals surface area contributed by atoms with Gasteiger partial charge in [0, 0.05) is 45.2 Å². The molecule has 0 radical (unpaired) electrons. The maximum absolute atomic E-state index is 12.6. The Morgan fingerprint density at radius 3 is 2.31 bits per heavy atom. The minimum Gasteiger partial charge on any atom is -0.340 e. The number of rotatable bonds is 5. The summed E-state index contributed by atoms with van der Waals surface area (Å²) >= 11 is 0. The van der Waals surface area contributed by atoms with Crippen LogP contribution in [0.1, 0.15) is 30.4 Å². The molecule has 0 aromatic heterocycles. The van der Waals surface area contributed by atoms with Crippen LogP contribution in [0.25, 0.3) is 6.08 Å². The molecule has 1 aromatic rings. The van der Waals surface area contributed by atoms with Crippen LogP contribution in [0.4, 0.5) is 13.2 Å². The quantitative estimate of drug-likeness (QED) is 0.703. The highest BCUT2D eigenvalue weighted by Gasteiger charge is 2.30. The highest BCUT2D eigenvalue weighted by Crippen LogP contribution is 2.29. The average Bonchev–Trinajstić information content (AvgIpc) is 3.14. The molecule has 2 fully saturated rings. The molecule has 29 heavy (non-hydrogen) atoms. The first kappa shape index (κ1) is 21.4. The van der Waals surface area contributed by atoms with Crippen LogP contribution in [0.2, 0.25) is 0 Å². The van der Waals surface area contributed by atoms with Crippen molar-refractivity contribution in [3.05, 3.63) is 41.5 Å². The molecule has 0 aliphatic carbocycles. The monoisotopic (exact) mass is 409 g/mol. The van der Waals surface area contributed by atoms with E-state index in [4.69, 9.17) is 0 Å². The lowest BCUT2D eigenvalue weighted by atomic mass is 10.1. The Balaban J connectivity index is 1.51. The molecule has 2 amide bonds. The summed E-state index contributed by atoms with van der Waals surface area (Å²) in [4.78, 5) is 30.6. The Morgan fingerprint density at radius 1 is 0.966 bits per heavy atom. The molecule has 0 N–H and O–H groups in total. The Labute approximate surface area is 168 Å². The number of amides is 2. The molecule has 8 heteroatoms. The standard InChI is InChI=1S/C21H26F3N3O2/c22-21(23,24)18-6-3-17(4-7-18)5-8-19(28)26-12-9-20(29)27(16-15-26)14-13-25-10-1-2-11-25/h3-8H,1-2,9-16H2. The molecule has 0 atom stereocenters. The number of carbonyl (C=O) groups is 2. The van der Waals surface area contributed by atoms with Gasteiger partial charge in [-0.05, 0) is 49.7 Å². The Bertz CT molecular complexity index is 741. The maximum Gasteiger partial charge on any atom is 0.416 e. The van der Waals surface area contributed by atoms with Crippen LogP contribution in [0.5, 0.6) is 0 Å². The molecule has 0 bridgehead atoms. The maximum atomic E-state index is 12.6. The number of nitrogens with zero attached hydrogens (tertiary/aromatic N) is 3. The molecule has 2 saturated heterocycles. The van der Waals surface area contributed by atoms with Gasteiger partial charge in [0.25, 0.3) is 0 Å². The van der Waals surface area contributed by atoms with Crippen molar-refractivity contribution in [3.63, 3.8) is 0 Å². The first-order valence-electron chi connectivity index (χ1n) is 9.97. The number of carbonyl (C=O) groups excluding carboxylic acids is 2. The summed E-state index contributed by atoms with van der Waals surface area (Å²) in [7, 11) is 0. The molecule has 5 nitrogen and oxygen atoms in total. The van der Waals surface area contributed by atoms with Gasteiger partial charge in [0.05, 0.1) is 5.56 Å². The lowest BCUT2D eigenvalue weighted by Crippen LogP contribution is -2.39. The van der Waals surface area contributed by atoms with Crippen molar-refractivity contribution in [1.82, 2.24) is 14.7 Å². The van der Waals surface area contributed by atoms with E-state index >= 15 is 0 Å². The van der Waals surface area contributed by atoms with Crippen molar-refractivity contribution < 1.29 is 22.8 Å². The van der Waals surface area contributed by atoms with Crippen molar-refractivity contribution >= 4 is 17.9 Å². The fraction of sp³-hybridized carbons (Fsp3) is 0.524. The third-order valence-electron chi connectivity index (χ3n) is 5.44. The lowest BCUT2D eigenvalue weighted by Gasteiger charge is -2.24. The SMILES string of the molecule is O=C(C=Cc1ccc(C(F)(F)F)cc1)N1CCC(=O)N(CCN2CCCC2)CC1. The normalized spacial score (nSPS) is 19.2. The lowest BCUT2D eigenvalue weighted by molar-refractivity contribution is -0.137. The van der Waals surface area contributed by atoms with Crippen LogP contribution in [-0.4, -0.2) is 72.3 Å². The van der Waals surface area contributed by atoms with Gasteiger partial charge in [-0.3, -0.25) is 9.59 Å². The smallest absolute Gasteiger partial charge is 0.340 e. The summed E-state index contributed by atoms with van der Waals surface area (Å²) in [5, 5.41) is 0. The van der Waals surface area contributed by atoms with E-state index in [9.17, 15) is 22.8 Å². The van der Waals surface area contributed by atoms with Crippen LogP contribution in [0.15, 0.2) is 30.3 Å². The highest BCUT2D eigenvalue weighted by molar-refractivity contribution is 5.92. The minimum atomic E-state index is -4.38. The van der Waals surface area contributed by atoms with E-state index in [-0.39, 0.29) is 11.8 Å². The Hall–Kier alpha value is -2.35. The predicted molar refractivity (Wildman–Crippen MR) is 104 cm³/mol. The van der Waals surface area contributed by atoms with E-state index in [0.717, 1.165) is 31.8 Å². The first-order chi connectivity index (χ1) is 13.8. The second-order valence-corrected chi connectivity index (χ2v) is 7.46. The van der Waals surface area contributed by atoms with E-state index in [1.165, 1.54) is 37.1 Å². The molecule has 2 aliphatic rings. The summed E-state index contributed by atoms with van der Waals surface area (Å²) in [6.45, 7) is 5.04. The summed E-state index contributed by atoms with van der Waals surface area (Å²) < 4.78 is 37.8. The zero-order valence-electron chi connectivity index (χ0n) is 16.3. The van der Waals surface area contributed by atoms with Crippen molar-refractivity contribution in [1.29, 1.82) is 0 Å². The third kappa shape index (κ3) is 6.06. The summed E-state index contributed by atoms with van der Waals surface area (Å²) in [5.41, 5.74) is -0.203. The Kier molecular flexibility index (Phi) is 6.95. The van der Waals surface area contributed by atoms with Gasteiger partial charge in [0.1, 0.15) is 0 Å². The summed E-state index contributed by atoms with van der Waals surface area (Å²) in [5.74, 6) is -0.176. The van der Waals surface area contributed by atoms with E-state index in [1.54, 1.807) is 4.90 Å². The fourth-order valence-electron chi connectivity index (χ4n) is 3.65. The minimum absolute atomic E-state index is 0.0613. The average molecular weight is 409 g/mol. The van der Waals surface area contributed by atoms with E-state index < -0.39 is 11.7 Å². The predicted octanol–water partition coefficient (Wildman–Crippen LogP) is 2.88. The van der Waals surface area contributed by atoms with E-state index in [0.29, 0.717) is 38.2 Å². The van der Waals surface area contributed by atoms with Gasteiger partial charge in [0.15, 0.2) is 0 Å². The number of likely N-dealkylation sites (tertiary alicyclic amines) is 1. The molecule has 1 aromatic carbocycles. The number of hydrogen-bond acceptors (Lipinski definition) is 3. The molecule has 0 unspecified atom stereocenters. The van der Waals surface area contributed by atoms with Crippen LogP contribution in [0.3, 0.4) is 0 Å². The van der Waals surface area contributed by atoms with E-state index in [1.807, 2.05) is 4.90 Å². The van der Waals surface area contributed by atoms with Crippen molar-refractivity contribution in [3.8, 4) is 0 Å². The van der Waals surface area contributed by atoms with Gasteiger partial charge < -0.3 is 14.7 Å². The van der Waals surface area contributed by atoms with Gasteiger partial charge in [-0.1, -0.05) is 12.1 Å². The van der Waals surface area contributed by atoms with Gasteiger partial charge in [-0.2, -0.15) is 13.2 Å². The second-order valence-electron chi connectivity index (χ2n) is 7.46. The number of alkyl halides is 3. The molecule has 0 saturated carbocycles. The van der Waals surface area contributed by atoms with Crippen molar-refractivity contribution in [2.24, 2.45) is 0 Å². The number of halogens is 3. The number of benzene rings is 1. The van der Waals surface area contributed by atoms with Crippen molar-refractivity contribution in [2.75, 3.05) is 45.8 Å². The number of hydrogen-bond donors (Lipinski definition) is 0. The molecule has 3 rings (SSSR count). The molecule has 2 heterocycles.